The molecular weight excluding hydrogens is 172 g/mol. The molecule has 0 radical (unpaired) electrons. The lowest BCUT2D eigenvalue weighted by Crippen LogP contribution is -2.45. The third kappa shape index (κ3) is 3.25. The molecule has 0 amide bonds. The fraction of sp³-hybridized carbons (Fsp3) is 1.00. The van der Waals surface area contributed by atoms with E-state index in [1.807, 2.05) is 0 Å². The van der Waals surface area contributed by atoms with E-state index >= 15 is 0 Å². The van der Waals surface area contributed by atoms with E-state index in [9.17, 15) is 0 Å². The molecule has 2 unspecified atom stereocenters. The van der Waals surface area contributed by atoms with Crippen molar-refractivity contribution in [2.24, 2.45) is 11.8 Å². The molecule has 1 heterocycles. The van der Waals surface area contributed by atoms with E-state index in [0.717, 1.165) is 24.4 Å². The van der Waals surface area contributed by atoms with Crippen molar-refractivity contribution >= 4 is 0 Å². The number of rotatable bonds is 4. The smallest absolute Gasteiger partial charge is 0.00387 e. The molecule has 1 aliphatic heterocycles. The second-order valence-corrected chi connectivity index (χ2v) is 4.92. The van der Waals surface area contributed by atoms with Gasteiger partial charge in [-0.25, -0.2) is 0 Å². The minimum absolute atomic E-state index is 0.720. The van der Waals surface area contributed by atoms with Gasteiger partial charge < -0.3 is 10.2 Å². The van der Waals surface area contributed by atoms with Crippen LogP contribution in [0.3, 0.4) is 0 Å². The van der Waals surface area contributed by atoms with E-state index in [2.05, 4.69) is 37.9 Å². The van der Waals surface area contributed by atoms with Crippen molar-refractivity contribution in [2.75, 3.05) is 26.2 Å². The molecule has 0 aromatic heterocycles. The molecule has 1 N–H and O–H groups in total. The number of likely N-dealkylation sites (tertiary alicyclic amines) is 1. The molecule has 0 aliphatic carbocycles. The number of hydrogen-bond donors (Lipinski definition) is 1. The van der Waals surface area contributed by atoms with Gasteiger partial charge in [0.25, 0.3) is 0 Å². The Morgan fingerprint density at radius 1 is 1.43 bits per heavy atom. The number of hydrogen-bond acceptors (Lipinski definition) is 2. The van der Waals surface area contributed by atoms with Crippen LogP contribution in [0.5, 0.6) is 0 Å². The Kier molecular flexibility index (Phi) is 4.90. The molecule has 1 aliphatic rings. The molecule has 0 aromatic carbocycles. The van der Waals surface area contributed by atoms with Gasteiger partial charge in [-0.05, 0) is 51.7 Å². The van der Waals surface area contributed by atoms with Crippen LogP contribution in [0.25, 0.3) is 0 Å². The molecule has 2 nitrogen and oxygen atoms in total. The molecule has 2 atom stereocenters. The quantitative estimate of drug-likeness (QED) is 0.743. The van der Waals surface area contributed by atoms with Crippen LogP contribution in [-0.2, 0) is 0 Å². The van der Waals surface area contributed by atoms with Crippen molar-refractivity contribution in [3.05, 3.63) is 0 Å². The zero-order chi connectivity index (χ0) is 10.6. The van der Waals surface area contributed by atoms with Crippen LogP contribution < -0.4 is 5.32 Å². The highest BCUT2D eigenvalue weighted by atomic mass is 15.2. The van der Waals surface area contributed by atoms with Gasteiger partial charge in [-0.2, -0.15) is 0 Å². The van der Waals surface area contributed by atoms with Crippen molar-refractivity contribution in [3.63, 3.8) is 0 Å². The lowest BCUT2D eigenvalue weighted by molar-refractivity contribution is 0.102. The maximum atomic E-state index is 3.47. The molecule has 0 spiro atoms. The lowest BCUT2D eigenvalue weighted by atomic mass is 9.86. The summed E-state index contributed by atoms with van der Waals surface area (Å²) in [4.78, 5) is 2.60. The summed E-state index contributed by atoms with van der Waals surface area (Å²) in [5.41, 5.74) is 0. The first-order valence-corrected chi connectivity index (χ1v) is 6.09. The third-order valence-electron chi connectivity index (χ3n) is 3.50. The molecule has 0 bridgehead atoms. The second kappa shape index (κ2) is 5.72. The van der Waals surface area contributed by atoms with Gasteiger partial charge in [0.15, 0.2) is 0 Å². The largest absolute Gasteiger partial charge is 0.317 e. The summed E-state index contributed by atoms with van der Waals surface area (Å²) in [7, 11) is 0. The molecule has 0 aromatic rings. The molecule has 0 saturated carbocycles. The van der Waals surface area contributed by atoms with Gasteiger partial charge in [-0.1, -0.05) is 13.8 Å². The van der Waals surface area contributed by atoms with E-state index in [1.54, 1.807) is 0 Å². The van der Waals surface area contributed by atoms with Gasteiger partial charge in [0.1, 0.15) is 0 Å². The SMILES string of the molecule is CCNCC1CCN(C(C)C)CC1C. The zero-order valence-corrected chi connectivity index (χ0v) is 10.2. The number of piperidine rings is 1. The normalized spacial score (nSPS) is 29.8. The monoisotopic (exact) mass is 198 g/mol. The Bertz CT molecular complexity index is 156. The van der Waals surface area contributed by atoms with Crippen LogP contribution in [0.1, 0.15) is 34.1 Å². The zero-order valence-electron chi connectivity index (χ0n) is 10.2. The van der Waals surface area contributed by atoms with E-state index in [-0.39, 0.29) is 0 Å². The van der Waals surface area contributed by atoms with Crippen LogP contribution in [0.4, 0.5) is 0 Å². The van der Waals surface area contributed by atoms with Crippen molar-refractivity contribution in [1.82, 2.24) is 10.2 Å². The second-order valence-electron chi connectivity index (χ2n) is 4.92. The molecule has 84 valence electrons. The van der Waals surface area contributed by atoms with Crippen LogP contribution in [0, 0.1) is 11.8 Å². The maximum absolute atomic E-state index is 3.47. The van der Waals surface area contributed by atoms with E-state index in [1.165, 1.54) is 26.1 Å². The van der Waals surface area contributed by atoms with Gasteiger partial charge in [0.05, 0.1) is 0 Å². The van der Waals surface area contributed by atoms with Gasteiger partial charge in [-0.3, -0.25) is 0 Å². The third-order valence-corrected chi connectivity index (χ3v) is 3.50. The summed E-state index contributed by atoms with van der Waals surface area (Å²) in [5.74, 6) is 1.75. The predicted octanol–water partition coefficient (Wildman–Crippen LogP) is 1.96. The fourth-order valence-corrected chi connectivity index (χ4v) is 2.33. The Labute approximate surface area is 89.1 Å². The minimum atomic E-state index is 0.720. The standard InChI is InChI=1S/C12H26N2/c1-5-13-8-12-6-7-14(10(2)3)9-11(12)4/h10-13H,5-9H2,1-4H3. The number of nitrogens with zero attached hydrogens (tertiary/aromatic N) is 1. The summed E-state index contributed by atoms with van der Waals surface area (Å²) in [6, 6.07) is 0.720. The summed E-state index contributed by atoms with van der Waals surface area (Å²) in [6.07, 6.45) is 1.37. The highest BCUT2D eigenvalue weighted by Gasteiger charge is 2.26. The van der Waals surface area contributed by atoms with E-state index in [4.69, 9.17) is 0 Å². The van der Waals surface area contributed by atoms with Crippen LogP contribution in [0.15, 0.2) is 0 Å². The van der Waals surface area contributed by atoms with E-state index < -0.39 is 0 Å². The fourth-order valence-electron chi connectivity index (χ4n) is 2.33. The first kappa shape index (κ1) is 12.0. The first-order valence-electron chi connectivity index (χ1n) is 6.09. The first-order chi connectivity index (χ1) is 6.65. The van der Waals surface area contributed by atoms with Crippen molar-refractivity contribution in [1.29, 1.82) is 0 Å². The van der Waals surface area contributed by atoms with Crippen LogP contribution in [0.2, 0.25) is 0 Å². The molecular formula is C12H26N2. The van der Waals surface area contributed by atoms with Crippen LogP contribution >= 0.6 is 0 Å². The van der Waals surface area contributed by atoms with Crippen molar-refractivity contribution in [2.45, 2.75) is 40.2 Å². The summed E-state index contributed by atoms with van der Waals surface area (Å²) >= 11 is 0. The Morgan fingerprint density at radius 3 is 2.64 bits per heavy atom. The highest BCUT2D eigenvalue weighted by Crippen LogP contribution is 2.23. The lowest BCUT2D eigenvalue weighted by Gasteiger charge is -2.39. The molecule has 1 fully saturated rings. The predicted molar refractivity (Wildman–Crippen MR) is 62.5 cm³/mol. The molecule has 2 heteroatoms. The Morgan fingerprint density at radius 2 is 2.14 bits per heavy atom. The average molecular weight is 198 g/mol. The molecule has 1 saturated heterocycles. The highest BCUT2D eigenvalue weighted by molar-refractivity contribution is 4.80. The van der Waals surface area contributed by atoms with Crippen molar-refractivity contribution < 1.29 is 0 Å². The summed E-state index contributed by atoms with van der Waals surface area (Å²) in [5, 5.41) is 3.47. The Hall–Kier alpha value is -0.0800. The topological polar surface area (TPSA) is 15.3 Å². The maximum Gasteiger partial charge on any atom is 0.00387 e. The van der Waals surface area contributed by atoms with Gasteiger partial charge >= 0.3 is 0 Å². The minimum Gasteiger partial charge on any atom is -0.317 e. The summed E-state index contributed by atoms with van der Waals surface area (Å²) < 4.78 is 0. The summed E-state index contributed by atoms with van der Waals surface area (Å²) in [6.45, 7) is 14.1. The van der Waals surface area contributed by atoms with Crippen LogP contribution in [-0.4, -0.2) is 37.1 Å². The Balaban J connectivity index is 2.32. The van der Waals surface area contributed by atoms with Gasteiger partial charge in [-0.15, -0.1) is 0 Å². The van der Waals surface area contributed by atoms with Gasteiger partial charge in [0.2, 0.25) is 0 Å². The van der Waals surface area contributed by atoms with Crippen molar-refractivity contribution in [3.8, 4) is 0 Å². The van der Waals surface area contributed by atoms with Gasteiger partial charge in [0, 0.05) is 12.6 Å². The molecule has 14 heavy (non-hydrogen) atoms. The number of nitrogens with one attached hydrogen (secondary N) is 1. The molecule has 1 rings (SSSR count). The van der Waals surface area contributed by atoms with E-state index in [0.29, 0.717) is 0 Å². The average Bonchev–Trinajstić information content (AvgIpc) is 2.15.